The molecule has 0 N–H and O–H groups in total. The van der Waals surface area contributed by atoms with Crippen molar-refractivity contribution in [3.05, 3.63) is 82.7 Å². The number of azide groups is 1. The van der Waals surface area contributed by atoms with Crippen LogP contribution in [0, 0.1) is 0 Å². The number of hydrogen-bond donors (Lipinski definition) is 0. The predicted octanol–water partition coefficient (Wildman–Crippen LogP) is 4.05. The van der Waals surface area contributed by atoms with E-state index in [1.165, 1.54) is 0 Å². The van der Waals surface area contributed by atoms with Crippen LogP contribution >= 0.6 is 0 Å². The van der Waals surface area contributed by atoms with Crippen molar-refractivity contribution in [2.75, 3.05) is 0 Å². The molecule has 0 bridgehead atoms. The molecule has 0 aromatic heterocycles. The smallest absolute Gasteiger partial charge is 0.349 e. The molecule has 0 aliphatic rings. The summed E-state index contributed by atoms with van der Waals surface area (Å²) in [6.45, 7) is 4.01. The van der Waals surface area contributed by atoms with E-state index in [2.05, 4.69) is 21.6 Å². The summed E-state index contributed by atoms with van der Waals surface area (Å²) >= 11 is 0. The molecule has 0 saturated heterocycles. The minimum absolute atomic E-state index is 0.0519. The van der Waals surface area contributed by atoms with E-state index in [0.717, 1.165) is 5.56 Å². The van der Waals surface area contributed by atoms with Gasteiger partial charge < -0.3 is 9.57 Å². The Kier molecular flexibility index (Phi) is 5.18. The molecule has 0 heterocycles. The first kappa shape index (κ1) is 15.2. The molecule has 2 aromatic carbocycles. The lowest BCUT2D eigenvalue weighted by atomic mass is 10.1. The molecule has 6 heteroatoms. The topological polar surface area (TPSA) is 84.3 Å². The van der Waals surface area contributed by atoms with Crippen LogP contribution in [-0.2, 0) is 16.2 Å². The highest BCUT2D eigenvalue weighted by Crippen LogP contribution is 2.26. The van der Waals surface area contributed by atoms with Gasteiger partial charge in [0.1, 0.15) is 17.6 Å². The fourth-order valence-corrected chi connectivity index (χ4v) is 1.80. The van der Waals surface area contributed by atoms with Crippen LogP contribution in [0.1, 0.15) is 11.1 Å². The molecule has 22 heavy (non-hydrogen) atoms. The van der Waals surface area contributed by atoms with Crippen LogP contribution in [-0.4, -0.2) is 5.97 Å². The van der Waals surface area contributed by atoms with Crippen LogP contribution in [0.5, 0.6) is 5.75 Å². The van der Waals surface area contributed by atoms with Gasteiger partial charge in [0.15, 0.2) is 0 Å². The van der Waals surface area contributed by atoms with Gasteiger partial charge in [-0.15, -0.1) is 0 Å². The summed E-state index contributed by atoms with van der Waals surface area (Å²) < 4.78 is 5.73. The van der Waals surface area contributed by atoms with E-state index in [1.54, 1.807) is 24.3 Å². The van der Waals surface area contributed by atoms with E-state index in [-0.39, 0.29) is 5.57 Å². The minimum Gasteiger partial charge on any atom is -0.488 e. The molecule has 0 aliphatic carbocycles. The van der Waals surface area contributed by atoms with Crippen LogP contribution < -0.4 is 4.74 Å². The molecule has 0 aliphatic heterocycles. The number of carbonyl (C=O) groups is 1. The summed E-state index contributed by atoms with van der Waals surface area (Å²) in [5, 5.41) is 2.77. The number of nitrogens with zero attached hydrogens (tertiary/aromatic N) is 3. The molecule has 0 unspecified atom stereocenters. The molecule has 0 radical (unpaired) electrons. The van der Waals surface area contributed by atoms with Crippen LogP contribution in [0.15, 0.2) is 66.5 Å². The maximum atomic E-state index is 11.7. The number of hydrogen-bond acceptors (Lipinski definition) is 4. The number of rotatable bonds is 6. The first-order valence-corrected chi connectivity index (χ1v) is 6.43. The lowest BCUT2D eigenvalue weighted by Crippen LogP contribution is -2.04. The van der Waals surface area contributed by atoms with Crippen LogP contribution in [0.2, 0.25) is 0 Å². The van der Waals surface area contributed by atoms with Crippen molar-refractivity contribution in [2.45, 2.75) is 6.61 Å². The average Bonchev–Trinajstić information content (AvgIpc) is 2.58. The molecule has 0 amide bonds. The highest BCUT2D eigenvalue weighted by molar-refractivity contribution is 6.16. The Balaban J connectivity index is 2.14. The van der Waals surface area contributed by atoms with Gasteiger partial charge in [-0.25, -0.2) is 4.79 Å². The maximum absolute atomic E-state index is 11.7. The molecule has 0 atom stereocenters. The Bertz CT molecular complexity index is 722. The maximum Gasteiger partial charge on any atom is 0.349 e. The fourth-order valence-electron chi connectivity index (χ4n) is 1.80. The monoisotopic (exact) mass is 295 g/mol. The van der Waals surface area contributed by atoms with Gasteiger partial charge in [-0.1, -0.05) is 55.1 Å². The number of ether oxygens (including phenoxy) is 1. The SMILES string of the molecule is C=C(C(=O)ON=[N+]=[N-])c1ccccc1OCc1ccccc1. The Hall–Kier alpha value is -3.24. The largest absolute Gasteiger partial charge is 0.488 e. The third-order valence-corrected chi connectivity index (χ3v) is 2.86. The van der Waals surface area contributed by atoms with E-state index >= 15 is 0 Å². The highest BCUT2D eigenvalue weighted by Gasteiger charge is 2.15. The van der Waals surface area contributed by atoms with Gasteiger partial charge in [-0.2, -0.15) is 0 Å². The van der Waals surface area contributed by atoms with Crippen LogP contribution in [0.3, 0.4) is 0 Å². The van der Waals surface area contributed by atoms with Crippen molar-refractivity contribution in [2.24, 2.45) is 5.28 Å². The molecule has 110 valence electrons. The normalized spacial score (nSPS) is 9.45. The van der Waals surface area contributed by atoms with Crippen molar-refractivity contribution < 1.29 is 14.4 Å². The van der Waals surface area contributed by atoms with Gasteiger partial charge in [-0.3, -0.25) is 0 Å². The van der Waals surface area contributed by atoms with Gasteiger partial charge in [0.25, 0.3) is 0 Å². The first-order chi connectivity index (χ1) is 10.7. The summed E-state index contributed by atoms with van der Waals surface area (Å²) in [6, 6.07) is 16.6. The van der Waals surface area contributed by atoms with Gasteiger partial charge >= 0.3 is 5.97 Å². The van der Waals surface area contributed by atoms with E-state index in [4.69, 9.17) is 10.3 Å². The molecular formula is C16H13N3O3. The van der Waals surface area contributed by atoms with Gasteiger partial charge in [0, 0.05) is 10.5 Å². The zero-order valence-electron chi connectivity index (χ0n) is 11.7. The molecule has 0 fully saturated rings. The summed E-state index contributed by atoms with van der Waals surface area (Å²) in [7, 11) is 0. The lowest BCUT2D eigenvalue weighted by molar-refractivity contribution is -0.136. The number of para-hydroxylation sites is 1. The van der Waals surface area contributed by atoms with Crippen LogP contribution in [0.4, 0.5) is 0 Å². The van der Waals surface area contributed by atoms with Gasteiger partial charge in [0.2, 0.25) is 0 Å². The van der Waals surface area contributed by atoms with E-state index < -0.39 is 5.97 Å². The first-order valence-electron chi connectivity index (χ1n) is 6.43. The second kappa shape index (κ2) is 7.52. The molecule has 2 aromatic rings. The molecular weight excluding hydrogens is 282 g/mol. The van der Waals surface area contributed by atoms with Gasteiger partial charge in [0.05, 0.1) is 5.57 Å². The Morgan fingerprint density at radius 2 is 1.82 bits per heavy atom. The van der Waals surface area contributed by atoms with Gasteiger partial charge in [-0.05, 0) is 17.2 Å². The average molecular weight is 295 g/mol. The predicted molar refractivity (Wildman–Crippen MR) is 81.5 cm³/mol. The van der Waals surface area contributed by atoms with Crippen molar-refractivity contribution >= 4 is 11.5 Å². The van der Waals surface area contributed by atoms with E-state index in [1.807, 2.05) is 30.3 Å². The molecule has 0 saturated carbocycles. The number of carbonyl (C=O) groups excluding carboxylic acids is 1. The molecule has 2 rings (SSSR count). The Morgan fingerprint density at radius 3 is 2.55 bits per heavy atom. The third kappa shape index (κ3) is 3.88. The van der Waals surface area contributed by atoms with Crippen molar-refractivity contribution in [3.63, 3.8) is 0 Å². The summed E-state index contributed by atoms with van der Waals surface area (Å²) in [4.78, 5) is 18.4. The highest BCUT2D eigenvalue weighted by atomic mass is 16.7. The van der Waals surface area contributed by atoms with Crippen molar-refractivity contribution in [1.82, 2.24) is 0 Å². The fraction of sp³-hybridized carbons (Fsp3) is 0.0625. The van der Waals surface area contributed by atoms with Crippen LogP contribution in [0.25, 0.3) is 16.0 Å². The lowest BCUT2D eigenvalue weighted by Gasteiger charge is -2.12. The zero-order chi connectivity index (χ0) is 15.8. The van der Waals surface area contributed by atoms with Crippen molar-refractivity contribution in [1.29, 1.82) is 0 Å². The molecule has 6 nitrogen and oxygen atoms in total. The van der Waals surface area contributed by atoms with E-state index in [0.29, 0.717) is 17.9 Å². The second-order valence-corrected chi connectivity index (χ2v) is 4.30. The summed E-state index contributed by atoms with van der Waals surface area (Å²) in [5.74, 6) is -0.331. The minimum atomic E-state index is -0.825. The molecule has 0 spiro atoms. The standard InChI is InChI=1S/C16H13N3O3/c1-12(16(20)22-19-18-17)14-9-5-6-10-15(14)21-11-13-7-3-2-4-8-13/h2-10H,1,11H2. The Labute approximate surface area is 127 Å². The zero-order valence-corrected chi connectivity index (χ0v) is 11.7. The third-order valence-electron chi connectivity index (χ3n) is 2.86. The quantitative estimate of drug-likeness (QED) is 0.265. The summed E-state index contributed by atoms with van der Waals surface area (Å²) in [5.41, 5.74) is 9.69. The second-order valence-electron chi connectivity index (χ2n) is 4.30. The van der Waals surface area contributed by atoms with E-state index in [9.17, 15) is 4.79 Å². The van der Waals surface area contributed by atoms with Crippen molar-refractivity contribution in [3.8, 4) is 5.75 Å². The number of benzene rings is 2. The Morgan fingerprint density at radius 1 is 1.14 bits per heavy atom. The summed E-state index contributed by atoms with van der Waals surface area (Å²) in [6.07, 6.45) is 0.